The second kappa shape index (κ2) is 9.72. The Kier molecular flexibility index (Phi) is 6.09. The number of amides is 3. The summed E-state index contributed by atoms with van der Waals surface area (Å²) >= 11 is 1.60. The van der Waals surface area contributed by atoms with Gasteiger partial charge in [-0.3, -0.25) is 14.4 Å². The first-order chi connectivity index (χ1) is 18.5. The molecule has 1 unspecified atom stereocenters. The fourth-order valence-corrected chi connectivity index (χ4v) is 5.75. The number of rotatable bonds is 6. The number of carbonyl (C=O) groups is 3. The van der Waals surface area contributed by atoms with Crippen LogP contribution in [0.3, 0.4) is 0 Å². The Balaban J connectivity index is 1.27. The third-order valence-electron chi connectivity index (χ3n) is 6.60. The number of furan rings is 1. The normalized spacial score (nSPS) is 15.4. The lowest BCUT2D eigenvalue weighted by Gasteiger charge is -2.27. The quantitative estimate of drug-likeness (QED) is 0.262. The molecule has 0 aliphatic carbocycles. The third-order valence-corrected chi connectivity index (χ3v) is 7.67. The molecule has 7 nitrogen and oxygen atoms in total. The first-order valence-corrected chi connectivity index (χ1v) is 13.0. The molecule has 3 heterocycles. The van der Waals surface area contributed by atoms with Gasteiger partial charge in [0.2, 0.25) is 5.91 Å². The van der Waals surface area contributed by atoms with Crippen molar-refractivity contribution in [1.29, 1.82) is 0 Å². The number of carbonyl (C=O) groups excluding carboxylic acids is 3. The van der Waals surface area contributed by atoms with Crippen molar-refractivity contribution >= 4 is 45.0 Å². The monoisotopic (exact) mass is 521 g/mol. The van der Waals surface area contributed by atoms with Gasteiger partial charge in [0, 0.05) is 12.1 Å². The number of anilines is 1. The van der Waals surface area contributed by atoms with Crippen molar-refractivity contribution in [2.24, 2.45) is 0 Å². The minimum Gasteiger partial charge on any atom is -0.459 e. The summed E-state index contributed by atoms with van der Waals surface area (Å²) in [7, 11) is 0. The first kappa shape index (κ1) is 23.8. The van der Waals surface area contributed by atoms with Gasteiger partial charge in [-0.05, 0) is 66.6 Å². The molecular weight excluding hydrogens is 498 g/mol. The number of fused-ring (bicyclic) bond motifs is 1. The fraction of sp³-hybridized carbons (Fsp3) is 0.133. The van der Waals surface area contributed by atoms with E-state index in [9.17, 15) is 14.4 Å². The maximum Gasteiger partial charge on any atom is 0.290 e. The van der Waals surface area contributed by atoms with Crippen molar-refractivity contribution in [2.75, 3.05) is 4.90 Å². The van der Waals surface area contributed by atoms with Crippen LogP contribution >= 0.6 is 11.3 Å². The van der Waals surface area contributed by atoms with Crippen LogP contribution < -0.4 is 4.90 Å². The smallest absolute Gasteiger partial charge is 0.290 e. The first-order valence-electron chi connectivity index (χ1n) is 12.2. The maximum atomic E-state index is 13.6. The Hall–Kier alpha value is -4.56. The van der Waals surface area contributed by atoms with Crippen LogP contribution in [0.25, 0.3) is 20.8 Å². The highest BCUT2D eigenvalue weighted by molar-refractivity contribution is 7.21. The molecule has 1 fully saturated rings. The summed E-state index contributed by atoms with van der Waals surface area (Å²) in [6.07, 6.45) is 1.31. The predicted molar refractivity (Wildman–Crippen MR) is 146 cm³/mol. The second-order valence-electron chi connectivity index (χ2n) is 9.22. The van der Waals surface area contributed by atoms with Crippen LogP contribution in [0.2, 0.25) is 0 Å². The van der Waals surface area contributed by atoms with Gasteiger partial charge < -0.3 is 9.32 Å². The molecule has 0 radical (unpaired) electrons. The van der Waals surface area contributed by atoms with Gasteiger partial charge in [0.15, 0.2) is 5.76 Å². The largest absolute Gasteiger partial charge is 0.459 e. The van der Waals surface area contributed by atoms with Crippen LogP contribution in [-0.2, 0) is 16.1 Å². The minimum absolute atomic E-state index is 0.100. The molecule has 5 aromatic rings. The molecule has 38 heavy (non-hydrogen) atoms. The van der Waals surface area contributed by atoms with Crippen molar-refractivity contribution in [1.82, 2.24) is 9.88 Å². The van der Waals surface area contributed by atoms with E-state index in [1.54, 1.807) is 35.6 Å². The van der Waals surface area contributed by atoms with Crippen LogP contribution in [0.5, 0.6) is 0 Å². The van der Waals surface area contributed by atoms with E-state index < -0.39 is 17.9 Å². The number of benzene rings is 3. The molecule has 0 saturated carbocycles. The molecule has 8 heteroatoms. The molecule has 6 rings (SSSR count). The zero-order valence-corrected chi connectivity index (χ0v) is 21.4. The van der Waals surface area contributed by atoms with Gasteiger partial charge in [-0.25, -0.2) is 9.88 Å². The number of imide groups is 1. The third kappa shape index (κ3) is 4.39. The van der Waals surface area contributed by atoms with E-state index in [0.29, 0.717) is 5.69 Å². The van der Waals surface area contributed by atoms with Gasteiger partial charge in [-0.1, -0.05) is 36.4 Å². The highest BCUT2D eigenvalue weighted by Gasteiger charge is 2.45. The molecule has 0 bridgehead atoms. The molecule has 1 saturated heterocycles. The average molecular weight is 522 g/mol. The Morgan fingerprint density at radius 1 is 1.03 bits per heavy atom. The lowest BCUT2D eigenvalue weighted by Crippen LogP contribution is -2.45. The molecule has 1 aliphatic heterocycles. The summed E-state index contributed by atoms with van der Waals surface area (Å²) in [5, 5.41) is 0.868. The molecule has 3 amide bonds. The summed E-state index contributed by atoms with van der Waals surface area (Å²) < 4.78 is 6.43. The number of nitrogens with zero attached hydrogens (tertiary/aromatic N) is 3. The highest BCUT2D eigenvalue weighted by Crippen LogP contribution is 2.33. The Morgan fingerprint density at radius 2 is 1.82 bits per heavy atom. The Morgan fingerprint density at radius 3 is 2.55 bits per heavy atom. The van der Waals surface area contributed by atoms with Gasteiger partial charge in [-0.2, -0.15) is 0 Å². The highest BCUT2D eigenvalue weighted by atomic mass is 32.1. The number of thiazole rings is 1. The number of hydrogen-bond acceptors (Lipinski definition) is 6. The molecule has 0 N–H and O–H groups in total. The molecule has 1 aliphatic rings. The van der Waals surface area contributed by atoms with Crippen LogP contribution in [-0.4, -0.2) is 33.6 Å². The van der Waals surface area contributed by atoms with E-state index in [0.717, 1.165) is 26.4 Å². The van der Waals surface area contributed by atoms with Gasteiger partial charge in [0.1, 0.15) is 11.0 Å². The van der Waals surface area contributed by atoms with Crippen molar-refractivity contribution in [3.8, 4) is 10.6 Å². The van der Waals surface area contributed by atoms with Gasteiger partial charge >= 0.3 is 0 Å². The number of aryl methyl sites for hydroxylation is 1. The maximum absolute atomic E-state index is 13.6. The second-order valence-corrected chi connectivity index (χ2v) is 10.3. The van der Waals surface area contributed by atoms with Crippen molar-refractivity contribution in [2.45, 2.75) is 25.9 Å². The zero-order valence-electron chi connectivity index (χ0n) is 20.5. The summed E-state index contributed by atoms with van der Waals surface area (Å²) in [6.45, 7) is 2.22. The van der Waals surface area contributed by atoms with Gasteiger partial charge in [0.05, 0.1) is 28.6 Å². The van der Waals surface area contributed by atoms with Crippen LogP contribution in [0.15, 0.2) is 95.6 Å². The van der Waals surface area contributed by atoms with Crippen molar-refractivity contribution in [3.63, 3.8) is 0 Å². The molecule has 188 valence electrons. The lowest BCUT2D eigenvalue weighted by molar-refractivity contribution is -0.122. The van der Waals surface area contributed by atoms with E-state index in [-0.39, 0.29) is 24.6 Å². The zero-order chi connectivity index (χ0) is 26.2. The molecule has 1 atom stereocenters. The SMILES string of the molecule is Cc1ccc2nc(-c3ccc(N4C(=O)CC(N(Cc5ccccc5)C(=O)c5ccco5)C4=O)cc3)sc2c1. The van der Waals surface area contributed by atoms with E-state index >= 15 is 0 Å². The summed E-state index contributed by atoms with van der Waals surface area (Å²) in [6, 6.07) is 25.0. The average Bonchev–Trinajstić information content (AvgIpc) is 3.67. The summed E-state index contributed by atoms with van der Waals surface area (Å²) in [5.41, 5.74) is 4.33. The van der Waals surface area contributed by atoms with Gasteiger partial charge in [-0.15, -0.1) is 11.3 Å². The number of aromatic nitrogens is 1. The van der Waals surface area contributed by atoms with Crippen molar-refractivity contribution < 1.29 is 18.8 Å². The molecule has 2 aromatic heterocycles. The standard InChI is InChI=1S/C30H23N3O4S/c1-19-9-14-23-26(16-19)38-28(31-23)21-10-12-22(13-11-21)33-27(34)17-24(29(33)35)32(18-20-6-3-2-4-7-20)30(36)25-8-5-15-37-25/h2-16,24H,17-18H2,1H3. The number of hydrogen-bond donors (Lipinski definition) is 0. The Labute approximate surface area is 222 Å². The predicted octanol–water partition coefficient (Wildman–Crippen LogP) is 5.84. The van der Waals surface area contributed by atoms with Gasteiger partial charge in [0.25, 0.3) is 11.8 Å². The Bertz CT molecular complexity index is 1640. The molecule has 3 aromatic carbocycles. The fourth-order valence-electron chi connectivity index (χ4n) is 4.68. The van der Waals surface area contributed by atoms with Crippen molar-refractivity contribution in [3.05, 3.63) is 108 Å². The summed E-state index contributed by atoms with van der Waals surface area (Å²) in [5.74, 6) is -1.11. The van der Waals surface area contributed by atoms with E-state index in [1.807, 2.05) is 61.5 Å². The molecule has 0 spiro atoms. The van der Waals surface area contributed by atoms with E-state index in [2.05, 4.69) is 6.07 Å². The van der Waals surface area contributed by atoms with E-state index in [1.165, 1.54) is 21.6 Å². The van der Waals surface area contributed by atoms with Crippen LogP contribution in [0, 0.1) is 6.92 Å². The van der Waals surface area contributed by atoms with Crippen LogP contribution in [0.4, 0.5) is 5.69 Å². The molecular formula is C30H23N3O4S. The topological polar surface area (TPSA) is 83.7 Å². The summed E-state index contributed by atoms with van der Waals surface area (Å²) in [4.78, 5) is 47.3. The van der Waals surface area contributed by atoms with E-state index in [4.69, 9.17) is 9.40 Å². The lowest BCUT2D eigenvalue weighted by atomic mass is 10.1. The minimum atomic E-state index is -0.938. The van der Waals surface area contributed by atoms with Crippen LogP contribution in [0.1, 0.15) is 28.1 Å².